The molecule has 0 spiro atoms. The number of benzene rings is 1. The molecule has 2 heterocycles. The average molecular weight is 364 g/mol. The van der Waals surface area contributed by atoms with Gasteiger partial charge in [0, 0.05) is 12.5 Å². The zero-order chi connectivity index (χ0) is 14.7. The second-order valence-corrected chi connectivity index (χ2v) is 7.13. The highest BCUT2D eigenvalue weighted by molar-refractivity contribution is 9.11. The van der Waals surface area contributed by atoms with E-state index in [9.17, 15) is 0 Å². The number of hydrogen-bond donors (Lipinski definition) is 1. The molecule has 0 fully saturated rings. The molecule has 1 unspecified atom stereocenters. The lowest BCUT2D eigenvalue weighted by atomic mass is 10.0. The van der Waals surface area contributed by atoms with E-state index in [1.807, 2.05) is 42.5 Å². The Bertz CT molecular complexity index is 711. The highest BCUT2D eigenvalue weighted by Gasteiger charge is 2.12. The lowest BCUT2D eigenvalue weighted by Crippen LogP contribution is -2.11. The Morgan fingerprint density at radius 2 is 2.00 bits per heavy atom. The van der Waals surface area contributed by atoms with Crippen LogP contribution in [0.15, 0.2) is 50.8 Å². The maximum atomic E-state index is 6.17. The first-order valence-corrected chi connectivity index (χ1v) is 8.22. The molecule has 3 rings (SSSR count). The Labute approximate surface area is 135 Å². The van der Waals surface area contributed by atoms with Crippen molar-refractivity contribution in [2.45, 2.75) is 18.9 Å². The van der Waals surface area contributed by atoms with Crippen molar-refractivity contribution in [2.75, 3.05) is 0 Å². The summed E-state index contributed by atoms with van der Waals surface area (Å²) in [5.41, 5.74) is 7.29. The van der Waals surface area contributed by atoms with Gasteiger partial charge >= 0.3 is 0 Å². The molecule has 2 N–H and O–H groups in total. The maximum Gasteiger partial charge on any atom is 0.227 e. The zero-order valence-corrected chi connectivity index (χ0v) is 13.6. The van der Waals surface area contributed by atoms with Crippen LogP contribution in [-0.4, -0.2) is 10.1 Å². The van der Waals surface area contributed by atoms with Gasteiger partial charge < -0.3 is 10.3 Å². The number of aryl methyl sites for hydroxylation is 1. The van der Waals surface area contributed by atoms with Crippen LogP contribution in [0.3, 0.4) is 0 Å². The van der Waals surface area contributed by atoms with Crippen LogP contribution >= 0.6 is 27.3 Å². The van der Waals surface area contributed by atoms with Gasteiger partial charge in [-0.05, 0) is 40.0 Å². The Hall–Kier alpha value is -1.50. The van der Waals surface area contributed by atoms with Gasteiger partial charge in [-0.2, -0.15) is 4.98 Å². The predicted molar refractivity (Wildman–Crippen MR) is 87.0 cm³/mol. The van der Waals surface area contributed by atoms with Crippen molar-refractivity contribution < 1.29 is 4.52 Å². The molecule has 0 aliphatic heterocycles. The summed E-state index contributed by atoms with van der Waals surface area (Å²) in [7, 11) is 0. The molecule has 2 aromatic heterocycles. The molecule has 108 valence electrons. The van der Waals surface area contributed by atoms with E-state index in [1.165, 1.54) is 0 Å². The molecule has 0 saturated carbocycles. The molecule has 1 atom stereocenters. The number of hydrogen-bond acceptors (Lipinski definition) is 5. The number of nitrogens with zero attached hydrogens (tertiary/aromatic N) is 2. The fourth-order valence-corrected chi connectivity index (χ4v) is 3.35. The first-order valence-electron chi connectivity index (χ1n) is 6.61. The van der Waals surface area contributed by atoms with Crippen LogP contribution in [-0.2, 0) is 6.42 Å². The van der Waals surface area contributed by atoms with Gasteiger partial charge in [-0.25, -0.2) is 0 Å². The second-order valence-electron chi connectivity index (χ2n) is 4.67. The molecular formula is C15H14BrN3OS. The lowest BCUT2D eigenvalue weighted by Gasteiger charge is -2.09. The molecule has 4 nitrogen and oxygen atoms in total. The molecule has 0 aliphatic rings. The summed E-state index contributed by atoms with van der Waals surface area (Å²) in [5, 5.41) is 4.01. The molecule has 0 radical (unpaired) electrons. The second kappa shape index (κ2) is 6.51. The molecule has 0 amide bonds. The van der Waals surface area contributed by atoms with E-state index in [0.29, 0.717) is 18.1 Å². The van der Waals surface area contributed by atoms with Crippen molar-refractivity contribution in [3.8, 4) is 10.7 Å². The molecule has 0 saturated heterocycles. The van der Waals surface area contributed by atoms with Crippen LogP contribution < -0.4 is 5.73 Å². The largest absolute Gasteiger partial charge is 0.339 e. The molecule has 6 heteroatoms. The van der Waals surface area contributed by atoms with E-state index in [1.54, 1.807) is 11.3 Å². The number of halogens is 1. The van der Waals surface area contributed by atoms with Crippen molar-refractivity contribution in [3.63, 3.8) is 0 Å². The topological polar surface area (TPSA) is 64.9 Å². The molecular weight excluding hydrogens is 350 g/mol. The van der Waals surface area contributed by atoms with E-state index >= 15 is 0 Å². The molecule has 1 aromatic carbocycles. The number of aromatic nitrogens is 2. The van der Waals surface area contributed by atoms with E-state index in [4.69, 9.17) is 10.3 Å². The van der Waals surface area contributed by atoms with E-state index < -0.39 is 0 Å². The van der Waals surface area contributed by atoms with Crippen molar-refractivity contribution in [1.82, 2.24) is 10.1 Å². The van der Waals surface area contributed by atoms with Crippen LogP contribution in [0.5, 0.6) is 0 Å². The minimum absolute atomic E-state index is 0.0163. The van der Waals surface area contributed by atoms with Gasteiger partial charge in [0.15, 0.2) is 0 Å². The summed E-state index contributed by atoms with van der Waals surface area (Å²) in [6.07, 6.45) is 1.45. The molecule has 3 aromatic rings. The summed E-state index contributed by atoms with van der Waals surface area (Å²) < 4.78 is 6.34. The van der Waals surface area contributed by atoms with Crippen LogP contribution in [0.4, 0.5) is 0 Å². The molecule has 0 bridgehead atoms. The fraction of sp³-hybridized carbons (Fsp3) is 0.200. The monoisotopic (exact) mass is 363 g/mol. The van der Waals surface area contributed by atoms with Gasteiger partial charge in [0.25, 0.3) is 0 Å². The highest BCUT2D eigenvalue weighted by atomic mass is 79.9. The normalized spacial score (nSPS) is 12.5. The number of nitrogens with two attached hydrogens (primary N) is 1. The Morgan fingerprint density at radius 3 is 2.71 bits per heavy atom. The Kier molecular flexibility index (Phi) is 4.48. The van der Waals surface area contributed by atoms with Gasteiger partial charge in [0.05, 0.1) is 8.66 Å². The minimum atomic E-state index is -0.0163. The summed E-state index contributed by atoms with van der Waals surface area (Å²) in [6.45, 7) is 0. The maximum absolute atomic E-state index is 6.17. The van der Waals surface area contributed by atoms with Crippen LogP contribution in [0, 0.1) is 0 Å². The highest BCUT2D eigenvalue weighted by Crippen LogP contribution is 2.29. The van der Waals surface area contributed by atoms with E-state index in [-0.39, 0.29) is 6.04 Å². The lowest BCUT2D eigenvalue weighted by molar-refractivity contribution is 0.372. The van der Waals surface area contributed by atoms with Crippen LogP contribution in [0.25, 0.3) is 10.7 Å². The van der Waals surface area contributed by atoms with Crippen molar-refractivity contribution >= 4 is 27.3 Å². The summed E-state index contributed by atoms with van der Waals surface area (Å²) >= 11 is 5.01. The van der Waals surface area contributed by atoms with Gasteiger partial charge in [-0.15, -0.1) is 11.3 Å². The van der Waals surface area contributed by atoms with Crippen molar-refractivity contribution in [2.24, 2.45) is 5.73 Å². The van der Waals surface area contributed by atoms with E-state index in [2.05, 4.69) is 26.1 Å². The third-order valence-corrected chi connectivity index (χ3v) is 4.78. The van der Waals surface area contributed by atoms with Crippen LogP contribution in [0.2, 0.25) is 0 Å². The number of thiophene rings is 1. The molecule has 0 aliphatic carbocycles. The average Bonchev–Trinajstić information content (AvgIpc) is 3.14. The van der Waals surface area contributed by atoms with Gasteiger partial charge in [-0.3, -0.25) is 0 Å². The van der Waals surface area contributed by atoms with Gasteiger partial charge in [0.2, 0.25) is 11.7 Å². The first-order chi connectivity index (χ1) is 10.2. The van der Waals surface area contributed by atoms with Crippen molar-refractivity contribution in [3.05, 3.63) is 57.7 Å². The zero-order valence-electron chi connectivity index (χ0n) is 11.2. The van der Waals surface area contributed by atoms with E-state index in [0.717, 1.165) is 20.6 Å². The summed E-state index contributed by atoms with van der Waals surface area (Å²) in [6, 6.07) is 14.0. The summed E-state index contributed by atoms with van der Waals surface area (Å²) in [4.78, 5) is 5.41. The fourth-order valence-electron chi connectivity index (χ4n) is 2.04. The first kappa shape index (κ1) is 14.4. The van der Waals surface area contributed by atoms with Gasteiger partial charge in [0.1, 0.15) is 0 Å². The van der Waals surface area contributed by atoms with Crippen molar-refractivity contribution in [1.29, 1.82) is 0 Å². The Balaban J connectivity index is 1.63. The smallest absolute Gasteiger partial charge is 0.227 e. The minimum Gasteiger partial charge on any atom is -0.339 e. The predicted octanol–water partition coefficient (Wildman–Crippen LogP) is 4.19. The third kappa shape index (κ3) is 3.58. The quantitative estimate of drug-likeness (QED) is 0.737. The standard InChI is InChI=1S/C15H14BrN3OS/c16-13-8-7-12(21-13)15-18-14(20-19-15)9-6-11(17)10-4-2-1-3-5-10/h1-5,7-8,11H,6,9,17H2. The van der Waals surface area contributed by atoms with Gasteiger partial charge in [-0.1, -0.05) is 35.5 Å². The summed E-state index contributed by atoms with van der Waals surface area (Å²) in [5.74, 6) is 1.26. The third-order valence-electron chi connectivity index (χ3n) is 3.16. The SMILES string of the molecule is NC(CCc1nc(-c2ccc(Br)s2)no1)c1ccccc1. The molecule has 21 heavy (non-hydrogen) atoms. The Morgan fingerprint density at radius 1 is 1.19 bits per heavy atom. The number of rotatable bonds is 5. The van der Waals surface area contributed by atoms with Crippen LogP contribution in [0.1, 0.15) is 23.9 Å².